The molecule has 154 valence electrons. The molecule has 9 heteroatoms. The fourth-order valence-electron chi connectivity index (χ4n) is 3.05. The lowest BCUT2D eigenvalue weighted by Crippen LogP contribution is -2.29. The molecule has 1 N–H and O–H groups in total. The maximum atomic E-state index is 13.2. The summed E-state index contributed by atoms with van der Waals surface area (Å²) in [7, 11) is 3.25. The third kappa shape index (κ3) is 3.99. The first-order valence-corrected chi connectivity index (χ1v) is 9.52. The molecule has 2 aromatic heterocycles. The molecule has 7 nitrogen and oxygen atoms in total. The number of methoxy groups -OCH3 is 1. The van der Waals surface area contributed by atoms with Crippen molar-refractivity contribution in [3.05, 3.63) is 64.7 Å². The zero-order valence-electron chi connectivity index (χ0n) is 16.3. The predicted molar refractivity (Wildman–Crippen MR) is 110 cm³/mol. The summed E-state index contributed by atoms with van der Waals surface area (Å²) >= 11 is 5.97. The summed E-state index contributed by atoms with van der Waals surface area (Å²) in [6.07, 6.45) is 0.388. The van der Waals surface area contributed by atoms with E-state index in [4.69, 9.17) is 20.9 Å². The van der Waals surface area contributed by atoms with Crippen LogP contribution < -0.4 is 4.74 Å². The van der Waals surface area contributed by atoms with Gasteiger partial charge in [0.1, 0.15) is 17.3 Å². The van der Waals surface area contributed by atoms with Gasteiger partial charge in [-0.05, 0) is 36.4 Å². The van der Waals surface area contributed by atoms with E-state index in [2.05, 4.69) is 15.1 Å². The Morgan fingerprint density at radius 2 is 2.10 bits per heavy atom. The van der Waals surface area contributed by atoms with Gasteiger partial charge in [-0.1, -0.05) is 16.8 Å². The molecule has 0 saturated carbocycles. The highest BCUT2D eigenvalue weighted by Gasteiger charge is 2.17. The van der Waals surface area contributed by atoms with Crippen LogP contribution in [0, 0.1) is 5.82 Å². The molecule has 0 radical (unpaired) electrons. The van der Waals surface area contributed by atoms with E-state index in [1.165, 1.54) is 17.0 Å². The second-order valence-electron chi connectivity index (χ2n) is 6.75. The highest BCUT2D eigenvalue weighted by molar-refractivity contribution is 6.33. The second kappa shape index (κ2) is 8.16. The number of nitrogens with zero attached hydrogens (tertiary/aromatic N) is 3. The maximum Gasteiger partial charge on any atom is 0.274 e. The minimum Gasteiger partial charge on any atom is -0.497 e. The average Bonchev–Trinajstić information content (AvgIpc) is 3.37. The minimum absolute atomic E-state index is 0.0733. The Balaban J connectivity index is 1.44. The minimum atomic E-state index is -0.492. The lowest BCUT2D eigenvalue weighted by molar-refractivity contribution is 0.0796. The van der Waals surface area contributed by atoms with Gasteiger partial charge in [0.25, 0.3) is 11.8 Å². The molecule has 2 aromatic carbocycles. The van der Waals surface area contributed by atoms with Crippen LogP contribution in [0.3, 0.4) is 0 Å². The zero-order chi connectivity index (χ0) is 21.3. The van der Waals surface area contributed by atoms with Gasteiger partial charge in [0.15, 0.2) is 5.82 Å². The standard InChI is InChI=1S/C21H18ClFN4O3/c1-27(21(28)15-6-4-13(23)10-16(15)22)8-7-19-25-20(30-26-19)18-9-12-3-5-14(29-2)11-17(12)24-18/h3-6,9-11,24H,7-8H2,1-2H3. The molecule has 0 aliphatic rings. The molecule has 0 atom stereocenters. The lowest BCUT2D eigenvalue weighted by Gasteiger charge is -2.16. The normalized spacial score (nSPS) is 11.1. The van der Waals surface area contributed by atoms with E-state index in [-0.39, 0.29) is 16.5 Å². The molecule has 0 bridgehead atoms. The molecule has 0 spiro atoms. The Labute approximate surface area is 176 Å². The number of carbonyl (C=O) groups excluding carboxylic acids is 1. The van der Waals surface area contributed by atoms with Crippen LogP contribution in [0.2, 0.25) is 5.02 Å². The summed E-state index contributed by atoms with van der Waals surface area (Å²) in [4.78, 5) is 21.6. The molecule has 2 heterocycles. The van der Waals surface area contributed by atoms with E-state index in [1.54, 1.807) is 14.2 Å². The summed E-state index contributed by atoms with van der Waals surface area (Å²) < 4.78 is 23.8. The smallest absolute Gasteiger partial charge is 0.274 e. The molecular formula is C21H18ClFN4O3. The highest BCUT2D eigenvalue weighted by Crippen LogP contribution is 2.26. The number of hydrogen-bond acceptors (Lipinski definition) is 5. The van der Waals surface area contributed by atoms with Crippen LogP contribution in [0.15, 0.2) is 47.0 Å². The molecule has 0 aliphatic heterocycles. The largest absolute Gasteiger partial charge is 0.497 e. The topological polar surface area (TPSA) is 84.2 Å². The van der Waals surface area contributed by atoms with E-state index in [0.717, 1.165) is 22.7 Å². The van der Waals surface area contributed by atoms with Crippen molar-refractivity contribution >= 4 is 28.4 Å². The molecular weight excluding hydrogens is 411 g/mol. The first-order chi connectivity index (χ1) is 14.4. The number of rotatable bonds is 6. The number of ether oxygens (including phenoxy) is 1. The first kappa shape index (κ1) is 19.9. The van der Waals surface area contributed by atoms with Crippen molar-refractivity contribution in [2.24, 2.45) is 0 Å². The molecule has 4 rings (SSSR count). The number of benzene rings is 2. The molecule has 1 amide bonds. The molecule has 30 heavy (non-hydrogen) atoms. The molecule has 0 aliphatic carbocycles. The zero-order valence-corrected chi connectivity index (χ0v) is 17.0. The number of aromatic amines is 1. The van der Waals surface area contributed by atoms with Crippen LogP contribution in [0.4, 0.5) is 4.39 Å². The van der Waals surface area contributed by atoms with Crippen molar-refractivity contribution in [3.63, 3.8) is 0 Å². The van der Waals surface area contributed by atoms with E-state index in [0.29, 0.717) is 30.4 Å². The monoisotopic (exact) mass is 428 g/mol. The van der Waals surface area contributed by atoms with E-state index in [9.17, 15) is 9.18 Å². The van der Waals surface area contributed by atoms with Crippen molar-refractivity contribution in [2.45, 2.75) is 6.42 Å². The fourth-order valence-corrected chi connectivity index (χ4v) is 3.30. The van der Waals surface area contributed by atoms with Crippen molar-refractivity contribution in [2.75, 3.05) is 20.7 Å². The van der Waals surface area contributed by atoms with Crippen molar-refractivity contribution < 1.29 is 18.4 Å². The van der Waals surface area contributed by atoms with Crippen molar-refractivity contribution in [1.29, 1.82) is 0 Å². The van der Waals surface area contributed by atoms with E-state index >= 15 is 0 Å². The number of H-pyrrole nitrogens is 1. The number of amides is 1. The van der Waals surface area contributed by atoms with Gasteiger partial charge in [0.2, 0.25) is 0 Å². The molecule has 0 saturated heterocycles. The van der Waals surface area contributed by atoms with Crippen LogP contribution in [0.25, 0.3) is 22.5 Å². The molecule has 0 unspecified atom stereocenters. The quantitative estimate of drug-likeness (QED) is 0.494. The Morgan fingerprint density at radius 1 is 1.27 bits per heavy atom. The van der Waals surface area contributed by atoms with E-state index in [1.807, 2.05) is 24.3 Å². The lowest BCUT2D eigenvalue weighted by atomic mass is 10.2. The highest BCUT2D eigenvalue weighted by atomic mass is 35.5. The molecule has 0 fully saturated rings. The van der Waals surface area contributed by atoms with Crippen LogP contribution in [-0.4, -0.2) is 46.6 Å². The summed E-state index contributed by atoms with van der Waals surface area (Å²) in [5.41, 5.74) is 1.83. The predicted octanol–water partition coefficient (Wildman–Crippen LogP) is 4.33. The Bertz CT molecular complexity index is 1220. The average molecular weight is 429 g/mol. The fraction of sp³-hybridized carbons (Fsp3) is 0.190. The number of likely N-dealkylation sites (N-methyl/N-ethyl adjacent to an activating group) is 1. The van der Waals surface area contributed by atoms with Gasteiger partial charge in [-0.3, -0.25) is 4.79 Å². The third-order valence-corrected chi connectivity index (χ3v) is 5.02. The number of fused-ring (bicyclic) bond motifs is 1. The number of halogens is 2. The molecule has 4 aromatic rings. The Kier molecular flexibility index (Phi) is 5.41. The number of hydrogen-bond donors (Lipinski definition) is 1. The van der Waals surface area contributed by atoms with Crippen molar-refractivity contribution in [1.82, 2.24) is 20.0 Å². The van der Waals surface area contributed by atoms with E-state index < -0.39 is 5.82 Å². The Hall–Kier alpha value is -3.39. The van der Waals surface area contributed by atoms with Crippen LogP contribution in [0.5, 0.6) is 5.75 Å². The number of nitrogens with one attached hydrogen (secondary N) is 1. The maximum absolute atomic E-state index is 13.2. The Morgan fingerprint density at radius 3 is 2.87 bits per heavy atom. The second-order valence-corrected chi connectivity index (χ2v) is 7.16. The number of carbonyl (C=O) groups is 1. The van der Waals surface area contributed by atoms with Gasteiger partial charge in [-0.2, -0.15) is 4.98 Å². The van der Waals surface area contributed by atoms with Gasteiger partial charge in [-0.25, -0.2) is 4.39 Å². The first-order valence-electron chi connectivity index (χ1n) is 9.15. The van der Waals surface area contributed by atoms with Crippen molar-refractivity contribution in [3.8, 4) is 17.3 Å². The summed E-state index contributed by atoms with van der Waals surface area (Å²) in [6.45, 7) is 0.343. The SMILES string of the molecule is COc1ccc2cc(-c3nc(CCN(C)C(=O)c4ccc(F)cc4Cl)no3)[nH]c2c1. The van der Waals surface area contributed by atoms with Crippen LogP contribution in [-0.2, 0) is 6.42 Å². The van der Waals surface area contributed by atoms with Crippen LogP contribution in [0.1, 0.15) is 16.2 Å². The van der Waals surface area contributed by atoms with Gasteiger partial charge >= 0.3 is 0 Å². The summed E-state index contributed by atoms with van der Waals surface area (Å²) in [5.74, 6) is 0.764. The number of aromatic nitrogens is 3. The van der Waals surface area contributed by atoms with Gasteiger partial charge in [0.05, 0.1) is 17.7 Å². The van der Waals surface area contributed by atoms with Gasteiger partial charge in [0, 0.05) is 37.0 Å². The summed E-state index contributed by atoms with van der Waals surface area (Å²) in [6, 6.07) is 11.3. The van der Waals surface area contributed by atoms with Gasteiger partial charge in [-0.15, -0.1) is 0 Å². The van der Waals surface area contributed by atoms with Crippen LogP contribution >= 0.6 is 11.6 Å². The third-order valence-electron chi connectivity index (χ3n) is 4.71. The van der Waals surface area contributed by atoms with Gasteiger partial charge < -0.3 is 19.1 Å². The summed E-state index contributed by atoms with van der Waals surface area (Å²) in [5, 5.41) is 5.05.